The van der Waals surface area contributed by atoms with Gasteiger partial charge in [-0.2, -0.15) is 15.1 Å². The molecule has 2 aromatic heterocycles. The van der Waals surface area contributed by atoms with E-state index in [-0.39, 0.29) is 18.5 Å². The Morgan fingerprint density at radius 1 is 1.50 bits per heavy atom. The second-order valence-electron chi connectivity index (χ2n) is 4.42. The van der Waals surface area contributed by atoms with Crippen molar-refractivity contribution in [3.63, 3.8) is 0 Å². The zero-order chi connectivity index (χ0) is 14.5. The number of aromatic amines is 1. The van der Waals surface area contributed by atoms with Crippen LogP contribution in [0.15, 0.2) is 6.20 Å². The molecule has 1 fully saturated rings. The number of carbonyl (C=O) groups is 1. The molecule has 6 N–H and O–H groups in total. The van der Waals surface area contributed by atoms with Gasteiger partial charge in [0.25, 0.3) is 0 Å². The van der Waals surface area contributed by atoms with Gasteiger partial charge in [-0.25, -0.2) is 0 Å². The molecule has 9 nitrogen and oxygen atoms in total. The fraction of sp³-hybridized carbons (Fsp3) is 0.455. The first-order valence-electron chi connectivity index (χ1n) is 6.20. The molecule has 0 radical (unpaired) electrons. The lowest BCUT2D eigenvalue weighted by atomic mass is 10.1. The van der Waals surface area contributed by atoms with E-state index in [1.54, 1.807) is 6.20 Å². The summed E-state index contributed by atoms with van der Waals surface area (Å²) in [6, 6.07) is 0. The van der Waals surface area contributed by atoms with Gasteiger partial charge in [0.15, 0.2) is 5.65 Å². The average Bonchev–Trinajstić information content (AvgIpc) is 2.86. The molecule has 1 aliphatic heterocycles. The maximum atomic E-state index is 9.69. The van der Waals surface area contributed by atoms with Gasteiger partial charge in [-0.1, -0.05) is 0 Å². The molecule has 0 aliphatic carbocycles. The van der Waals surface area contributed by atoms with Gasteiger partial charge >= 0.3 is 0 Å². The number of H-pyrrole nitrogens is 1. The fourth-order valence-corrected chi connectivity index (χ4v) is 2.22. The minimum Gasteiger partial charge on any atom is -0.391 e. The van der Waals surface area contributed by atoms with E-state index in [1.165, 1.54) is 0 Å². The number of nitrogens with one attached hydrogen (secondary N) is 1. The van der Waals surface area contributed by atoms with Crippen molar-refractivity contribution in [3.8, 4) is 0 Å². The lowest BCUT2D eigenvalue weighted by Gasteiger charge is -2.31. The average molecular weight is 279 g/mol. The molecule has 1 saturated heterocycles. The van der Waals surface area contributed by atoms with Crippen molar-refractivity contribution in [2.75, 3.05) is 23.7 Å². The highest BCUT2D eigenvalue weighted by Crippen LogP contribution is 2.25. The number of nitrogen functional groups attached to an aromatic ring is 1. The van der Waals surface area contributed by atoms with Crippen LogP contribution in [0.2, 0.25) is 0 Å². The second-order valence-corrected chi connectivity index (χ2v) is 4.42. The standard InChI is InChI=1S/C10H14N6O.CH3NO/c11-10-13-8-7(4-12-15-8)9(14-10)16-3-1-2-6(17)5-16;2-1-3/h4,6,17H,1-3,5H2,(H3,11,12,13,14,15);1H,(H2,2,3). The number of nitrogens with zero attached hydrogens (tertiary/aromatic N) is 4. The molecule has 20 heavy (non-hydrogen) atoms. The Morgan fingerprint density at radius 3 is 2.95 bits per heavy atom. The SMILES string of the molecule is NC=O.Nc1nc(N2CCCC(O)C2)c2cn[nH]c2n1. The summed E-state index contributed by atoms with van der Waals surface area (Å²) in [6.45, 7) is 1.45. The molecule has 9 heteroatoms. The van der Waals surface area contributed by atoms with E-state index in [0.29, 0.717) is 12.2 Å². The Balaban J connectivity index is 0.000000452. The number of aliphatic hydroxyl groups excluding tert-OH is 1. The third kappa shape index (κ3) is 2.94. The topological polar surface area (TPSA) is 147 Å². The number of hydrogen-bond acceptors (Lipinski definition) is 7. The van der Waals surface area contributed by atoms with Crippen LogP contribution in [0.1, 0.15) is 12.8 Å². The molecule has 0 bridgehead atoms. The van der Waals surface area contributed by atoms with Gasteiger partial charge in [-0.05, 0) is 12.8 Å². The number of β-amino-alcohol motifs (C(OH)–C–C–N with tert-alkyl or cyclic N) is 1. The smallest absolute Gasteiger partial charge is 0.224 e. The normalized spacial score (nSPS) is 18.4. The second kappa shape index (κ2) is 6.15. The van der Waals surface area contributed by atoms with Crippen LogP contribution in [-0.4, -0.2) is 50.9 Å². The van der Waals surface area contributed by atoms with Crippen LogP contribution in [0.3, 0.4) is 0 Å². The Bertz CT molecular complexity index is 585. The summed E-state index contributed by atoms with van der Waals surface area (Å²) in [5.74, 6) is 0.969. The van der Waals surface area contributed by atoms with E-state index < -0.39 is 0 Å². The third-order valence-corrected chi connectivity index (χ3v) is 3.00. The summed E-state index contributed by atoms with van der Waals surface area (Å²) < 4.78 is 0. The number of primary amides is 1. The number of nitrogens with two attached hydrogens (primary N) is 2. The monoisotopic (exact) mass is 279 g/mol. The number of aliphatic hydroxyl groups is 1. The van der Waals surface area contributed by atoms with Crippen LogP contribution in [0.25, 0.3) is 11.0 Å². The maximum Gasteiger partial charge on any atom is 0.224 e. The van der Waals surface area contributed by atoms with Gasteiger partial charge in [0, 0.05) is 13.1 Å². The van der Waals surface area contributed by atoms with Crippen molar-refractivity contribution in [2.45, 2.75) is 18.9 Å². The van der Waals surface area contributed by atoms with Crippen molar-refractivity contribution < 1.29 is 9.90 Å². The molecule has 1 atom stereocenters. The van der Waals surface area contributed by atoms with Crippen molar-refractivity contribution in [3.05, 3.63) is 6.20 Å². The van der Waals surface area contributed by atoms with Crippen LogP contribution >= 0.6 is 0 Å². The minimum atomic E-state index is -0.304. The van der Waals surface area contributed by atoms with Crippen molar-refractivity contribution in [1.29, 1.82) is 0 Å². The Morgan fingerprint density at radius 2 is 2.25 bits per heavy atom. The molecule has 108 valence electrons. The minimum absolute atomic E-state index is 0.219. The first-order chi connectivity index (χ1) is 9.65. The van der Waals surface area contributed by atoms with Crippen molar-refractivity contribution >= 4 is 29.2 Å². The zero-order valence-electron chi connectivity index (χ0n) is 10.9. The van der Waals surface area contributed by atoms with Crippen LogP contribution in [-0.2, 0) is 4.79 Å². The highest BCUT2D eigenvalue weighted by atomic mass is 16.3. The molecular formula is C11H17N7O2. The molecule has 2 aromatic rings. The zero-order valence-corrected chi connectivity index (χ0v) is 10.9. The molecule has 1 unspecified atom stereocenters. The summed E-state index contributed by atoms with van der Waals surface area (Å²) in [5, 5.41) is 17.3. The first kappa shape index (κ1) is 14.0. The highest BCUT2D eigenvalue weighted by molar-refractivity contribution is 5.87. The lowest BCUT2D eigenvalue weighted by molar-refractivity contribution is -0.106. The van der Waals surface area contributed by atoms with Crippen molar-refractivity contribution in [2.24, 2.45) is 5.73 Å². The van der Waals surface area contributed by atoms with E-state index in [1.807, 2.05) is 4.90 Å². The number of fused-ring (bicyclic) bond motifs is 1. The number of amides is 1. The number of anilines is 2. The van der Waals surface area contributed by atoms with E-state index in [9.17, 15) is 5.11 Å². The van der Waals surface area contributed by atoms with E-state index in [0.717, 1.165) is 30.6 Å². The maximum absolute atomic E-state index is 9.69. The Kier molecular flexibility index (Phi) is 4.31. The molecule has 1 amide bonds. The summed E-state index contributed by atoms with van der Waals surface area (Å²) >= 11 is 0. The van der Waals surface area contributed by atoms with Crippen LogP contribution < -0.4 is 16.4 Å². The fourth-order valence-electron chi connectivity index (χ4n) is 2.22. The number of rotatable bonds is 1. The van der Waals surface area contributed by atoms with Crippen molar-refractivity contribution in [1.82, 2.24) is 20.2 Å². The third-order valence-electron chi connectivity index (χ3n) is 3.00. The quantitative estimate of drug-likeness (QED) is 0.489. The number of piperidine rings is 1. The van der Waals surface area contributed by atoms with Gasteiger partial charge in [-0.15, -0.1) is 0 Å². The molecule has 0 aromatic carbocycles. The number of hydrogen-bond donors (Lipinski definition) is 4. The van der Waals surface area contributed by atoms with Crippen LogP contribution in [0.5, 0.6) is 0 Å². The Hall–Kier alpha value is -2.42. The van der Waals surface area contributed by atoms with Crippen LogP contribution in [0, 0.1) is 0 Å². The lowest BCUT2D eigenvalue weighted by Crippen LogP contribution is -2.38. The van der Waals surface area contributed by atoms with E-state index >= 15 is 0 Å². The Labute approximate surface area is 115 Å². The summed E-state index contributed by atoms with van der Waals surface area (Å²) in [5.41, 5.74) is 10.5. The predicted molar refractivity (Wildman–Crippen MR) is 73.8 cm³/mol. The first-order valence-corrected chi connectivity index (χ1v) is 6.20. The molecule has 3 heterocycles. The number of carbonyl (C=O) groups excluding carboxylic acids is 1. The largest absolute Gasteiger partial charge is 0.391 e. The summed E-state index contributed by atoms with van der Waals surface area (Å²) in [4.78, 5) is 18.9. The van der Waals surface area contributed by atoms with Gasteiger partial charge in [-0.3, -0.25) is 9.89 Å². The van der Waals surface area contributed by atoms with Gasteiger partial charge in [0.05, 0.1) is 17.7 Å². The molecule has 0 spiro atoms. The molecule has 1 aliphatic rings. The van der Waals surface area contributed by atoms with Gasteiger partial charge < -0.3 is 21.5 Å². The molecular weight excluding hydrogens is 262 g/mol. The predicted octanol–water partition coefficient (Wildman–Crippen LogP) is -1.00. The van der Waals surface area contributed by atoms with E-state index in [4.69, 9.17) is 10.5 Å². The summed E-state index contributed by atoms with van der Waals surface area (Å²) in [7, 11) is 0. The summed E-state index contributed by atoms with van der Waals surface area (Å²) in [6.07, 6.45) is 3.42. The van der Waals surface area contributed by atoms with Crippen LogP contribution in [0.4, 0.5) is 11.8 Å². The highest BCUT2D eigenvalue weighted by Gasteiger charge is 2.21. The molecule has 0 saturated carbocycles. The van der Waals surface area contributed by atoms with E-state index in [2.05, 4.69) is 25.9 Å². The molecule has 3 rings (SSSR count). The number of aromatic nitrogens is 4. The van der Waals surface area contributed by atoms with Gasteiger partial charge in [0.2, 0.25) is 12.4 Å². The van der Waals surface area contributed by atoms with Gasteiger partial charge in [0.1, 0.15) is 5.82 Å².